The van der Waals surface area contributed by atoms with Crippen LogP contribution in [0.25, 0.3) is 11.3 Å². The number of carbonyl (C=O) groups excluding carboxylic acids is 3. The van der Waals surface area contributed by atoms with Crippen molar-refractivity contribution < 1.29 is 19.1 Å². The zero-order valence-electron chi connectivity index (χ0n) is 32.5. The number of para-hydroxylation sites is 1. The van der Waals surface area contributed by atoms with Crippen LogP contribution >= 0.6 is 0 Å². The molecule has 1 fully saturated rings. The van der Waals surface area contributed by atoms with Crippen molar-refractivity contribution in [3.63, 3.8) is 0 Å². The van der Waals surface area contributed by atoms with Crippen molar-refractivity contribution in [1.29, 1.82) is 0 Å². The van der Waals surface area contributed by atoms with Crippen molar-refractivity contribution in [1.82, 2.24) is 24.2 Å². The number of aromatic nitrogens is 1. The summed E-state index contributed by atoms with van der Waals surface area (Å²) in [6.07, 6.45) is 3.39. The number of anilines is 1. The Morgan fingerprint density at radius 3 is 2.30 bits per heavy atom. The Balaban J connectivity index is 1.29. The van der Waals surface area contributed by atoms with Crippen LogP contribution in [0.5, 0.6) is 0 Å². The lowest BCUT2D eigenvalue weighted by Gasteiger charge is -2.41. The molecule has 0 saturated carbocycles. The summed E-state index contributed by atoms with van der Waals surface area (Å²) in [6, 6.07) is 24.2. The molecule has 0 bridgehead atoms. The summed E-state index contributed by atoms with van der Waals surface area (Å²) in [7, 11) is 5.66. The number of unbranched alkanes of at least 4 members (excludes halogenated alkanes) is 1. The van der Waals surface area contributed by atoms with Gasteiger partial charge in [0.1, 0.15) is 0 Å². The van der Waals surface area contributed by atoms with E-state index in [-0.39, 0.29) is 23.9 Å². The van der Waals surface area contributed by atoms with E-state index in [0.29, 0.717) is 56.9 Å². The lowest BCUT2D eigenvalue weighted by atomic mass is 9.89. The minimum atomic E-state index is -0.0737. The highest BCUT2D eigenvalue weighted by Gasteiger charge is 2.35. The molecule has 3 aliphatic heterocycles. The molecule has 10 nitrogen and oxygen atoms in total. The number of benzene rings is 3. The zero-order valence-corrected chi connectivity index (χ0v) is 32.5. The second-order valence-corrected chi connectivity index (χ2v) is 15.2. The maximum Gasteiger partial charge on any atom is 0.324 e. The number of urea groups is 1. The average Bonchev–Trinajstić information content (AvgIpc) is 3.51. The van der Waals surface area contributed by atoms with E-state index in [1.807, 2.05) is 75.4 Å². The Kier molecular flexibility index (Phi) is 11.2. The van der Waals surface area contributed by atoms with Crippen molar-refractivity contribution in [2.45, 2.75) is 58.7 Å². The van der Waals surface area contributed by atoms with Crippen LogP contribution in [0.3, 0.4) is 0 Å². The van der Waals surface area contributed by atoms with Crippen LogP contribution in [0.2, 0.25) is 0 Å². The summed E-state index contributed by atoms with van der Waals surface area (Å²) in [4.78, 5) is 52.7. The number of nitrogens with zero attached hydrogens (tertiary/aromatic N) is 6. The van der Waals surface area contributed by atoms with Crippen molar-refractivity contribution in [3.8, 4) is 11.3 Å². The monoisotopic (exact) mass is 730 g/mol. The summed E-state index contributed by atoms with van der Waals surface area (Å²) in [5.74, 6) is -0.0410. The quantitative estimate of drug-likeness (QED) is 0.200. The van der Waals surface area contributed by atoms with E-state index >= 15 is 4.79 Å². The second-order valence-electron chi connectivity index (χ2n) is 15.2. The third-order valence-electron chi connectivity index (χ3n) is 11.7. The van der Waals surface area contributed by atoms with Crippen molar-refractivity contribution in [2.24, 2.45) is 7.05 Å². The van der Waals surface area contributed by atoms with Crippen molar-refractivity contribution in [2.75, 3.05) is 64.9 Å². The van der Waals surface area contributed by atoms with Gasteiger partial charge in [-0.15, -0.1) is 0 Å². The SMILES string of the molecule is CCCCN(C)C(=O)c1cc(-c2cc3c(cc2C(=O)N2Cc4ccccc4C[C@H]2CN2CCOCC2)CN(C(=O)N(C)c2ccccc2)CC3)n(C)c1C. The lowest BCUT2D eigenvalue weighted by molar-refractivity contribution is 0.0193. The average molecular weight is 731 g/mol. The van der Waals surface area contributed by atoms with Gasteiger partial charge in [-0.05, 0) is 78.8 Å². The highest BCUT2D eigenvalue weighted by molar-refractivity contribution is 6.03. The van der Waals surface area contributed by atoms with Crippen LogP contribution < -0.4 is 4.90 Å². The summed E-state index contributed by atoms with van der Waals surface area (Å²) < 4.78 is 7.72. The fourth-order valence-electron chi connectivity index (χ4n) is 8.24. The second kappa shape index (κ2) is 16.2. The third kappa shape index (κ3) is 7.54. The first kappa shape index (κ1) is 37.4. The molecule has 4 heterocycles. The largest absolute Gasteiger partial charge is 0.379 e. The third-order valence-corrected chi connectivity index (χ3v) is 11.7. The van der Waals surface area contributed by atoms with Gasteiger partial charge in [-0.2, -0.15) is 0 Å². The maximum atomic E-state index is 15.3. The highest BCUT2D eigenvalue weighted by atomic mass is 16.5. The van der Waals surface area contributed by atoms with Crippen LogP contribution in [0.4, 0.5) is 10.5 Å². The van der Waals surface area contributed by atoms with Crippen molar-refractivity contribution >= 4 is 23.5 Å². The first-order valence-electron chi connectivity index (χ1n) is 19.5. The molecule has 284 valence electrons. The van der Waals surface area contributed by atoms with E-state index in [2.05, 4.69) is 51.6 Å². The van der Waals surface area contributed by atoms with Gasteiger partial charge in [0.2, 0.25) is 0 Å². The number of ether oxygens (including phenoxy) is 1. The Hall–Kier alpha value is -4.93. The number of hydrogen-bond acceptors (Lipinski definition) is 5. The van der Waals surface area contributed by atoms with Crippen LogP contribution in [-0.2, 0) is 37.7 Å². The normalized spacial score (nSPS) is 17.2. The summed E-state index contributed by atoms with van der Waals surface area (Å²) in [6.45, 7) is 10.1. The molecule has 0 unspecified atom stereocenters. The van der Waals surface area contributed by atoms with Gasteiger partial charge < -0.3 is 24.0 Å². The Bertz CT molecular complexity index is 2000. The molecule has 54 heavy (non-hydrogen) atoms. The van der Waals surface area contributed by atoms with E-state index < -0.39 is 0 Å². The van der Waals surface area contributed by atoms with E-state index in [1.54, 1.807) is 9.80 Å². The Morgan fingerprint density at radius 2 is 1.56 bits per heavy atom. The van der Waals surface area contributed by atoms with E-state index in [9.17, 15) is 9.59 Å². The van der Waals surface area contributed by atoms with Gasteiger partial charge in [-0.25, -0.2) is 4.79 Å². The van der Waals surface area contributed by atoms with Crippen LogP contribution in [0.1, 0.15) is 68.4 Å². The molecule has 7 rings (SSSR count). The van der Waals surface area contributed by atoms with Crippen LogP contribution in [-0.4, -0.2) is 108 Å². The molecule has 3 aliphatic rings. The topological polar surface area (TPSA) is 81.6 Å². The molecular weight excluding hydrogens is 677 g/mol. The molecule has 4 amide bonds. The molecule has 4 aromatic rings. The van der Waals surface area contributed by atoms with Crippen LogP contribution in [0.15, 0.2) is 72.8 Å². The summed E-state index contributed by atoms with van der Waals surface area (Å²) >= 11 is 0. The standard InChI is InChI=1S/C44H54N6O4/c1-6-7-18-45(3)42(51)38-27-41(46(4)31(38)2)39-25-33-17-19-49(44(53)47(5)36-15-9-8-10-16-36)28-35(33)26-40(39)43(52)50-29-34-14-12-11-13-32(34)24-37(50)30-48-20-22-54-23-21-48/h8-16,25-27,37H,6-7,17-24,28-30H2,1-5H3/t37-/m0/s1. The van der Waals surface area contributed by atoms with Gasteiger partial charge in [0.05, 0.1) is 18.8 Å². The van der Waals surface area contributed by atoms with Gasteiger partial charge in [0.15, 0.2) is 0 Å². The molecule has 0 radical (unpaired) electrons. The molecule has 0 N–H and O–H groups in total. The van der Waals surface area contributed by atoms with E-state index in [0.717, 1.165) is 72.7 Å². The smallest absolute Gasteiger partial charge is 0.324 e. The first-order valence-corrected chi connectivity index (χ1v) is 19.5. The minimum Gasteiger partial charge on any atom is -0.379 e. The number of carbonyl (C=O) groups is 3. The number of fused-ring (bicyclic) bond motifs is 2. The number of rotatable bonds is 9. The molecular formula is C44H54N6O4. The maximum absolute atomic E-state index is 15.3. The molecule has 10 heteroatoms. The predicted octanol–water partition coefficient (Wildman–Crippen LogP) is 6.39. The van der Waals surface area contributed by atoms with Gasteiger partial charge in [0, 0.05) is 101 Å². The fourth-order valence-corrected chi connectivity index (χ4v) is 8.24. The summed E-state index contributed by atoms with van der Waals surface area (Å²) in [5.41, 5.74) is 9.18. The number of morpholine rings is 1. The first-order chi connectivity index (χ1) is 26.1. The Labute approximate surface area is 319 Å². The van der Waals surface area contributed by atoms with E-state index in [4.69, 9.17) is 4.74 Å². The van der Waals surface area contributed by atoms with Gasteiger partial charge >= 0.3 is 6.03 Å². The molecule has 1 saturated heterocycles. The van der Waals surface area contributed by atoms with Crippen molar-refractivity contribution in [3.05, 3.63) is 112 Å². The Morgan fingerprint density at radius 1 is 0.833 bits per heavy atom. The number of amides is 4. The minimum absolute atomic E-state index is 0.0106. The fraction of sp³-hybridized carbons (Fsp3) is 0.432. The molecule has 0 aliphatic carbocycles. The van der Waals surface area contributed by atoms with Gasteiger partial charge in [-0.3, -0.25) is 19.4 Å². The predicted molar refractivity (Wildman–Crippen MR) is 213 cm³/mol. The highest BCUT2D eigenvalue weighted by Crippen LogP contribution is 2.36. The molecule has 3 aromatic carbocycles. The van der Waals surface area contributed by atoms with Crippen LogP contribution in [0, 0.1) is 6.92 Å². The molecule has 0 spiro atoms. The van der Waals surface area contributed by atoms with Gasteiger partial charge in [0.25, 0.3) is 11.8 Å². The van der Waals surface area contributed by atoms with Gasteiger partial charge in [-0.1, -0.05) is 55.8 Å². The van der Waals surface area contributed by atoms with E-state index in [1.165, 1.54) is 11.1 Å². The summed E-state index contributed by atoms with van der Waals surface area (Å²) in [5, 5.41) is 0. The lowest BCUT2D eigenvalue weighted by Crippen LogP contribution is -2.52. The number of hydrogen-bond donors (Lipinski definition) is 0. The molecule has 1 atom stereocenters. The zero-order chi connectivity index (χ0) is 37.9. The molecule has 1 aromatic heterocycles.